The Balaban J connectivity index is 3.15. The topological polar surface area (TPSA) is 43.0 Å². The summed E-state index contributed by atoms with van der Waals surface area (Å²) in [7, 11) is 0. The van der Waals surface area contributed by atoms with Crippen LogP contribution in [0, 0.1) is 6.92 Å². The van der Waals surface area contributed by atoms with Crippen LogP contribution in [0.1, 0.15) is 18.1 Å². The molecule has 4 nitrogen and oxygen atoms in total. The minimum Gasteiger partial charge on any atom is -0.267 e. The van der Waals surface area contributed by atoms with Crippen LogP contribution in [0.4, 0.5) is 0 Å². The average molecular weight is 336 g/mol. The van der Waals surface area contributed by atoms with Gasteiger partial charge >= 0.3 is 0 Å². The zero-order valence-electron chi connectivity index (χ0n) is 8.17. The van der Waals surface area contributed by atoms with E-state index in [2.05, 4.69) is 31.9 Å². The van der Waals surface area contributed by atoms with Gasteiger partial charge in [-0.1, -0.05) is 6.92 Å². The lowest BCUT2D eigenvalue weighted by molar-refractivity contribution is 0.782. The van der Waals surface area contributed by atoms with E-state index in [9.17, 15) is 9.59 Å². The van der Waals surface area contributed by atoms with E-state index in [0.717, 1.165) is 4.52 Å². The van der Waals surface area contributed by atoms with Gasteiger partial charge in [0.05, 0.1) is 5.56 Å². The number of nitrogens with zero attached hydrogens (tertiary/aromatic N) is 2. The van der Waals surface area contributed by atoms with Crippen LogP contribution in [-0.4, -0.2) is 9.03 Å². The summed E-state index contributed by atoms with van der Waals surface area (Å²) >= 11 is 6.64. The molecular formula is C9H8Br2N2O2. The maximum atomic E-state index is 11.9. The molecule has 2 aromatic rings. The van der Waals surface area contributed by atoms with Crippen molar-refractivity contribution in [2.75, 3.05) is 0 Å². The molecule has 0 saturated heterocycles. The van der Waals surface area contributed by atoms with E-state index in [1.54, 1.807) is 11.4 Å². The highest BCUT2D eigenvalue weighted by Crippen LogP contribution is 2.20. The normalized spacial score (nSPS) is 11.5. The second kappa shape index (κ2) is 3.45. The lowest BCUT2D eigenvalue weighted by atomic mass is 10.3. The highest BCUT2D eigenvalue weighted by Gasteiger charge is 2.20. The first-order valence-corrected chi connectivity index (χ1v) is 6.03. The molecule has 0 aliphatic carbocycles. The Morgan fingerprint density at radius 3 is 2.13 bits per heavy atom. The summed E-state index contributed by atoms with van der Waals surface area (Å²) in [5.74, 6) is 0. The van der Waals surface area contributed by atoms with Crippen LogP contribution < -0.4 is 11.1 Å². The minimum atomic E-state index is -0.271. The van der Waals surface area contributed by atoms with Gasteiger partial charge in [-0.15, -0.1) is 0 Å². The van der Waals surface area contributed by atoms with Crippen molar-refractivity contribution >= 4 is 31.9 Å². The number of hydrogen-bond acceptors (Lipinski definition) is 2. The van der Waals surface area contributed by atoms with Crippen LogP contribution in [0.3, 0.4) is 0 Å². The summed E-state index contributed by atoms with van der Waals surface area (Å²) in [4.78, 5) is 23.6. The Morgan fingerprint density at radius 2 is 1.67 bits per heavy atom. The molecule has 6 heteroatoms. The van der Waals surface area contributed by atoms with Gasteiger partial charge in [-0.05, 0) is 45.2 Å². The molecule has 0 aliphatic rings. The van der Waals surface area contributed by atoms with Gasteiger partial charge in [-0.2, -0.15) is 4.52 Å². The van der Waals surface area contributed by atoms with Crippen LogP contribution in [0.2, 0.25) is 0 Å². The summed E-state index contributed by atoms with van der Waals surface area (Å²) in [6.45, 7) is 3.57. The Hall–Kier alpha value is -0.620. The second-order valence-corrected chi connectivity index (χ2v) is 4.77. The fraction of sp³-hybridized carbons (Fsp3) is 0.333. The maximum Gasteiger partial charge on any atom is 0.278 e. The number of hydrogen-bond donors (Lipinski definition) is 0. The zero-order chi connectivity index (χ0) is 11.3. The Kier molecular flexibility index (Phi) is 2.50. The van der Waals surface area contributed by atoms with Crippen molar-refractivity contribution in [3.63, 3.8) is 0 Å². The molecule has 0 fully saturated rings. The summed E-state index contributed by atoms with van der Waals surface area (Å²) in [6, 6.07) is 0. The molecule has 0 saturated carbocycles. The predicted octanol–water partition coefficient (Wildman–Crippen LogP) is 1.59. The molecule has 15 heavy (non-hydrogen) atoms. The van der Waals surface area contributed by atoms with Crippen molar-refractivity contribution in [1.82, 2.24) is 9.03 Å². The predicted molar refractivity (Wildman–Crippen MR) is 64.1 cm³/mol. The lowest BCUT2D eigenvalue weighted by Crippen LogP contribution is -2.23. The Bertz CT molecular complexity index is 642. The first-order valence-electron chi connectivity index (χ1n) is 4.44. The quantitative estimate of drug-likeness (QED) is 0.794. The SMILES string of the molecule is CCc1c(Br)n2c(Br)c(C)c(=O)n2c1=O. The summed E-state index contributed by atoms with van der Waals surface area (Å²) in [5.41, 5.74) is 0.638. The number of aromatic nitrogens is 2. The van der Waals surface area contributed by atoms with Crippen molar-refractivity contribution in [3.05, 3.63) is 41.0 Å². The monoisotopic (exact) mass is 334 g/mol. The molecule has 0 aromatic carbocycles. The first-order chi connectivity index (χ1) is 7.00. The zero-order valence-corrected chi connectivity index (χ0v) is 11.3. The molecule has 0 atom stereocenters. The Labute approximate surface area is 102 Å². The van der Waals surface area contributed by atoms with Gasteiger partial charge in [-0.25, -0.2) is 4.52 Å². The van der Waals surface area contributed by atoms with E-state index >= 15 is 0 Å². The summed E-state index contributed by atoms with van der Waals surface area (Å²) < 4.78 is 3.96. The lowest BCUT2D eigenvalue weighted by Gasteiger charge is -1.93. The molecule has 0 spiro atoms. The third-order valence-electron chi connectivity index (χ3n) is 2.45. The molecule has 80 valence electrons. The average Bonchev–Trinajstić information content (AvgIpc) is 2.58. The van der Waals surface area contributed by atoms with E-state index in [1.807, 2.05) is 6.92 Å². The van der Waals surface area contributed by atoms with Crippen LogP contribution in [0.5, 0.6) is 0 Å². The van der Waals surface area contributed by atoms with Gasteiger partial charge in [0.25, 0.3) is 11.1 Å². The van der Waals surface area contributed by atoms with Crippen LogP contribution >= 0.6 is 31.9 Å². The number of rotatable bonds is 1. The third kappa shape index (κ3) is 1.24. The molecule has 0 unspecified atom stereocenters. The fourth-order valence-corrected chi connectivity index (χ4v) is 3.11. The fourth-order valence-electron chi connectivity index (χ4n) is 1.58. The Morgan fingerprint density at radius 1 is 1.07 bits per heavy atom. The molecule has 0 amide bonds. The summed E-state index contributed by atoms with van der Waals surface area (Å²) in [5, 5.41) is 0. The van der Waals surface area contributed by atoms with Crippen molar-refractivity contribution in [3.8, 4) is 0 Å². The molecule has 0 radical (unpaired) electrons. The van der Waals surface area contributed by atoms with E-state index in [1.165, 1.54) is 0 Å². The molecule has 0 aliphatic heterocycles. The second-order valence-electron chi connectivity index (χ2n) is 3.27. The molecule has 0 N–H and O–H groups in total. The molecule has 2 rings (SSSR count). The van der Waals surface area contributed by atoms with Crippen molar-refractivity contribution < 1.29 is 0 Å². The van der Waals surface area contributed by atoms with E-state index in [4.69, 9.17) is 0 Å². The largest absolute Gasteiger partial charge is 0.278 e. The van der Waals surface area contributed by atoms with Crippen LogP contribution in [0.25, 0.3) is 0 Å². The van der Waals surface area contributed by atoms with E-state index < -0.39 is 0 Å². The standard InChI is InChI=1S/C9H8Br2N2O2/c1-3-5-7(11)12-6(10)4(2)8(14)13(12)9(5)15/h3H2,1-2H3. The van der Waals surface area contributed by atoms with Crippen molar-refractivity contribution in [1.29, 1.82) is 0 Å². The third-order valence-corrected chi connectivity index (χ3v) is 4.19. The van der Waals surface area contributed by atoms with Crippen LogP contribution in [0.15, 0.2) is 18.8 Å². The van der Waals surface area contributed by atoms with Gasteiger partial charge < -0.3 is 0 Å². The van der Waals surface area contributed by atoms with Crippen LogP contribution in [-0.2, 0) is 6.42 Å². The van der Waals surface area contributed by atoms with Gasteiger partial charge in [0.15, 0.2) is 0 Å². The summed E-state index contributed by atoms with van der Waals surface area (Å²) in [6.07, 6.45) is 0.596. The van der Waals surface area contributed by atoms with Gasteiger partial charge in [0, 0.05) is 5.56 Å². The molecule has 0 bridgehead atoms. The number of fused-ring (bicyclic) bond motifs is 1. The van der Waals surface area contributed by atoms with Gasteiger partial charge in [0.2, 0.25) is 0 Å². The molecule has 2 heterocycles. The minimum absolute atomic E-state index is 0.247. The van der Waals surface area contributed by atoms with Crippen molar-refractivity contribution in [2.45, 2.75) is 20.3 Å². The van der Waals surface area contributed by atoms with E-state index in [-0.39, 0.29) is 11.1 Å². The highest BCUT2D eigenvalue weighted by atomic mass is 79.9. The van der Waals surface area contributed by atoms with Crippen molar-refractivity contribution in [2.24, 2.45) is 0 Å². The van der Waals surface area contributed by atoms with E-state index in [0.29, 0.717) is 26.8 Å². The maximum absolute atomic E-state index is 11.9. The molecular weight excluding hydrogens is 328 g/mol. The van der Waals surface area contributed by atoms with Gasteiger partial charge in [-0.3, -0.25) is 9.59 Å². The number of halogens is 2. The highest BCUT2D eigenvalue weighted by molar-refractivity contribution is 9.11. The smallest absolute Gasteiger partial charge is 0.267 e. The first kappa shape index (κ1) is 10.9. The van der Waals surface area contributed by atoms with Gasteiger partial charge in [0.1, 0.15) is 9.21 Å². The molecule has 2 aromatic heterocycles.